The van der Waals surface area contributed by atoms with Crippen LogP contribution in [0.1, 0.15) is 80.8 Å². The summed E-state index contributed by atoms with van der Waals surface area (Å²) in [7, 11) is 0. The number of hydrogen-bond acceptors (Lipinski definition) is 9. The van der Waals surface area contributed by atoms with Crippen LogP contribution in [0, 0.1) is 0 Å². The van der Waals surface area contributed by atoms with Crippen molar-refractivity contribution in [3.05, 3.63) is 65.8 Å². The van der Waals surface area contributed by atoms with Crippen LogP contribution in [0.15, 0.2) is 47.3 Å². The van der Waals surface area contributed by atoms with Crippen LogP contribution in [0.2, 0.25) is 0 Å². The molecule has 1 aromatic carbocycles. The molecule has 41 heavy (non-hydrogen) atoms. The smallest absolute Gasteiger partial charge is 0.407 e. The number of rotatable bonds is 6. The molecule has 0 saturated heterocycles. The first-order valence-electron chi connectivity index (χ1n) is 13.4. The minimum atomic E-state index is -1.03. The fourth-order valence-corrected chi connectivity index (χ4v) is 4.51. The van der Waals surface area contributed by atoms with E-state index in [-0.39, 0.29) is 25.0 Å². The topological polar surface area (TPSA) is 164 Å². The lowest BCUT2D eigenvalue weighted by atomic mass is 9.96. The molecule has 0 aliphatic carbocycles. The van der Waals surface area contributed by atoms with E-state index in [0.717, 1.165) is 22.4 Å². The monoisotopic (exact) mass is 559 g/mol. The molecule has 5 rings (SSSR count). The second-order valence-corrected chi connectivity index (χ2v) is 11.3. The van der Waals surface area contributed by atoms with E-state index in [2.05, 4.69) is 35.9 Å². The van der Waals surface area contributed by atoms with Crippen molar-refractivity contribution >= 4 is 23.6 Å². The summed E-state index contributed by atoms with van der Waals surface area (Å²) in [6.07, 6.45) is 4.61. The van der Waals surface area contributed by atoms with E-state index in [9.17, 15) is 14.7 Å². The summed E-state index contributed by atoms with van der Waals surface area (Å²) in [5.74, 6) is 0.127. The number of amides is 2. The van der Waals surface area contributed by atoms with Crippen molar-refractivity contribution in [2.24, 2.45) is 0 Å². The molecule has 1 atom stereocenters. The van der Waals surface area contributed by atoms with Crippen LogP contribution in [0.5, 0.6) is 0 Å². The van der Waals surface area contributed by atoms with Gasteiger partial charge in [-0.3, -0.25) is 9.48 Å². The maximum Gasteiger partial charge on any atom is 0.407 e. The minimum absolute atomic E-state index is 0.132. The number of anilines is 2. The molecule has 4 aromatic rings. The molecule has 0 radical (unpaired) electrons. The lowest BCUT2D eigenvalue weighted by Gasteiger charge is -2.19. The number of fused-ring (bicyclic) bond motifs is 1. The van der Waals surface area contributed by atoms with Gasteiger partial charge in [-0.1, -0.05) is 32.9 Å². The predicted molar refractivity (Wildman–Crippen MR) is 150 cm³/mol. The zero-order valence-electron chi connectivity index (χ0n) is 23.6. The van der Waals surface area contributed by atoms with E-state index in [4.69, 9.17) is 4.42 Å². The van der Waals surface area contributed by atoms with E-state index in [1.807, 2.05) is 63.7 Å². The Labute approximate surface area is 237 Å². The Morgan fingerprint density at radius 2 is 1.98 bits per heavy atom. The van der Waals surface area contributed by atoms with Gasteiger partial charge in [0.05, 0.1) is 23.6 Å². The number of nitrogens with zero attached hydrogens (tertiary/aromatic N) is 7. The van der Waals surface area contributed by atoms with Gasteiger partial charge in [-0.25, -0.2) is 14.8 Å². The van der Waals surface area contributed by atoms with Gasteiger partial charge in [0.25, 0.3) is 0 Å². The molecule has 0 bridgehead atoms. The number of hydrogen-bond donors (Lipinski definition) is 3. The molecule has 13 heteroatoms. The molecule has 1 aliphatic rings. The fraction of sp³-hybridized carbons (Fsp3) is 0.393. The molecule has 214 valence electrons. The maximum absolute atomic E-state index is 13.0. The van der Waals surface area contributed by atoms with Crippen LogP contribution in [-0.4, -0.2) is 58.5 Å². The van der Waals surface area contributed by atoms with Crippen molar-refractivity contribution < 1.29 is 19.1 Å². The highest BCUT2D eigenvalue weighted by atomic mass is 16.4. The van der Waals surface area contributed by atoms with Crippen LogP contribution in [0.25, 0.3) is 11.3 Å². The number of nitrogens with one attached hydrogen (secondary N) is 2. The van der Waals surface area contributed by atoms with Crippen LogP contribution in [0.4, 0.5) is 16.4 Å². The maximum atomic E-state index is 13.0. The number of carbonyl (C=O) groups is 2. The van der Waals surface area contributed by atoms with Crippen LogP contribution < -0.4 is 10.6 Å². The molecular weight excluding hydrogens is 526 g/mol. The highest BCUT2D eigenvalue weighted by molar-refractivity contribution is 5.89. The van der Waals surface area contributed by atoms with E-state index >= 15 is 0 Å². The lowest BCUT2D eigenvalue weighted by Crippen LogP contribution is -2.32. The van der Waals surface area contributed by atoms with E-state index in [0.29, 0.717) is 24.0 Å². The molecule has 2 amide bonds. The number of benzene rings is 1. The summed E-state index contributed by atoms with van der Waals surface area (Å²) in [6, 6.07) is 7.27. The van der Waals surface area contributed by atoms with Gasteiger partial charge in [-0.2, -0.15) is 5.10 Å². The first-order valence-corrected chi connectivity index (χ1v) is 13.4. The third-order valence-electron chi connectivity index (χ3n) is 6.74. The van der Waals surface area contributed by atoms with Gasteiger partial charge in [0.2, 0.25) is 11.8 Å². The van der Waals surface area contributed by atoms with Crippen molar-refractivity contribution in [2.75, 3.05) is 11.9 Å². The predicted octanol–water partition coefficient (Wildman–Crippen LogP) is 4.70. The average Bonchev–Trinajstić information content (AvgIpc) is 3.57. The van der Waals surface area contributed by atoms with Crippen molar-refractivity contribution in [1.29, 1.82) is 0 Å². The van der Waals surface area contributed by atoms with E-state index in [1.54, 1.807) is 18.5 Å². The summed E-state index contributed by atoms with van der Waals surface area (Å²) in [5.41, 5.74) is 3.40. The third-order valence-corrected chi connectivity index (χ3v) is 6.74. The Morgan fingerprint density at radius 1 is 1.17 bits per heavy atom. The Hall–Kier alpha value is -4.81. The molecule has 1 unspecified atom stereocenters. The van der Waals surface area contributed by atoms with Crippen molar-refractivity contribution in [2.45, 2.75) is 65.1 Å². The second-order valence-electron chi connectivity index (χ2n) is 11.3. The number of aromatic nitrogens is 6. The Morgan fingerprint density at radius 3 is 2.66 bits per heavy atom. The molecule has 4 heterocycles. The van der Waals surface area contributed by atoms with Crippen LogP contribution in [-0.2, 0) is 12.0 Å². The third kappa shape index (κ3) is 6.18. The molecule has 13 nitrogen and oxygen atoms in total. The van der Waals surface area contributed by atoms with Gasteiger partial charge in [-0.05, 0) is 43.5 Å². The molecule has 0 fully saturated rings. The molecule has 3 aromatic heterocycles. The van der Waals surface area contributed by atoms with Crippen LogP contribution in [0.3, 0.4) is 0 Å². The quantitative estimate of drug-likeness (QED) is 0.301. The van der Waals surface area contributed by atoms with Gasteiger partial charge >= 0.3 is 17.9 Å². The van der Waals surface area contributed by atoms with Gasteiger partial charge in [-0.15, -0.1) is 10.2 Å². The Kier molecular flexibility index (Phi) is 7.43. The molecule has 0 spiro atoms. The van der Waals surface area contributed by atoms with Crippen molar-refractivity contribution in [3.63, 3.8) is 0 Å². The summed E-state index contributed by atoms with van der Waals surface area (Å²) in [6.45, 7) is 10.2. The number of carboxylic acid groups (broad SMARTS) is 1. The lowest BCUT2D eigenvalue weighted by molar-refractivity contribution is 0.0894. The normalized spacial score (nSPS) is 15.4. The Bertz CT molecular complexity index is 1570. The van der Waals surface area contributed by atoms with E-state index in [1.165, 1.54) is 4.90 Å². The minimum Gasteiger partial charge on any atom is -0.465 e. The summed E-state index contributed by atoms with van der Waals surface area (Å²) in [4.78, 5) is 35.3. The molecular formula is C28H33N9O4. The zero-order chi connectivity index (χ0) is 29.3. The van der Waals surface area contributed by atoms with Crippen molar-refractivity contribution in [1.82, 2.24) is 40.2 Å². The first-order chi connectivity index (χ1) is 19.5. The number of carbonyl (C=O) groups excluding carboxylic acids is 1. The Balaban J connectivity index is 1.41. The SMILES string of the molecule is CC(C)n1cc(Nc2nccc(-c3ccc4c(c3)CN(C(=O)O)CCC4NC(=O)c3nnc(C(C)(C)C)o3)n2)cn1. The standard InChI is InChI=1S/C28H33N9O4/c1-16(2)37-15-19(13-30-37)31-26-29-10-8-21(33-26)17-6-7-20-18(12-17)14-36(27(39)40)11-9-22(20)32-23(38)24-34-35-25(41-24)28(3,4)5/h6-8,10,12-13,15-16,22H,9,11,14H2,1-5H3,(H,32,38)(H,39,40)(H,29,31,33). The molecule has 1 aliphatic heterocycles. The van der Waals surface area contributed by atoms with Crippen LogP contribution >= 0.6 is 0 Å². The van der Waals surface area contributed by atoms with Gasteiger partial charge in [0.1, 0.15) is 0 Å². The van der Waals surface area contributed by atoms with Crippen molar-refractivity contribution in [3.8, 4) is 11.3 Å². The zero-order valence-corrected chi connectivity index (χ0v) is 23.6. The second kappa shape index (κ2) is 11.0. The van der Waals surface area contributed by atoms with E-state index < -0.39 is 23.5 Å². The molecule has 0 saturated carbocycles. The highest BCUT2D eigenvalue weighted by Gasteiger charge is 2.29. The summed E-state index contributed by atoms with van der Waals surface area (Å²) >= 11 is 0. The largest absolute Gasteiger partial charge is 0.465 e. The van der Waals surface area contributed by atoms with Gasteiger partial charge < -0.3 is 25.1 Å². The van der Waals surface area contributed by atoms with Gasteiger partial charge in [0, 0.05) is 42.5 Å². The fourth-order valence-electron chi connectivity index (χ4n) is 4.51. The van der Waals surface area contributed by atoms with Gasteiger partial charge in [0.15, 0.2) is 0 Å². The summed E-state index contributed by atoms with van der Waals surface area (Å²) < 4.78 is 7.45. The first kappa shape index (κ1) is 27.7. The average molecular weight is 560 g/mol. The highest BCUT2D eigenvalue weighted by Crippen LogP contribution is 2.31. The molecule has 3 N–H and O–H groups in total. The summed E-state index contributed by atoms with van der Waals surface area (Å²) in [5, 5.41) is 28.2.